The molecule has 0 fully saturated rings. The number of carboxylic acids is 2. The molecule has 0 aromatic rings. The quantitative estimate of drug-likeness (QED) is 0.262. The lowest BCUT2D eigenvalue weighted by Gasteiger charge is -2.23. The van der Waals surface area contributed by atoms with Crippen molar-refractivity contribution >= 4 is 23.8 Å². The van der Waals surface area contributed by atoms with Crippen molar-refractivity contribution < 1.29 is 34.5 Å². The maximum Gasteiger partial charge on any atom is 0.326 e. The van der Waals surface area contributed by atoms with Crippen LogP contribution in [0.3, 0.4) is 0 Å². The first-order valence-corrected chi connectivity index (χ1v) is 7.00. The van der Waals surface area contributed by atoms with E-state index >= 15 is 0 Å². The summed E-state index contributed by atoms with van der Waals surface area (Å²) >= 11 is 0. The molecule has 23 heavy (non-hydrogen) atoms. The van der Waals surface area contributed by atoms with Crippen LogP contribution in [-0.2, 0) is 19.2 Å². The van der Waals surface area contributed by atoms with Gasteiger partial charge in [0, 0.05) is 0 Å². The third-order valence-electron chi connectivity index (χ3n) is 2.87. The fourth-order valence-electron chi connectivity index (χ4n) is 1.71. The maximum atomic E-state index is 12.1. The number of aliphatic hydroxyl groups is 1. The number of aliphatic carboxylic acids is 2. The second-order valence-electron chi connectivity index (χ2n) is 5.48. The van der Waals surface area contributed by atoms with Gasteiger partial charge in [-0.25, -0.2) is 4.79 Å². The number of carbonyl (C=O) groups is 4. The van der Waals surface area contributed by atoms with Gasteiger partial charge in [-0.05, 0) is 12.3 Å². The summed E-state index contributed by atoms with van der Waals surface area (Å²) in [6.07, 6.45) is -0.602. The summed E-state index contributed by atoms with van der Waals surface area (Å²) in [6.45, 7) is 2.95. The third kappa shape index (κ3) is 8.12. The number of hydrogen-bond donors (Lipinski definition) is 6. The second kappa shape index (κ2) is 9.74. The van der Waals surface area contributed by atoms with E-state index in [4.69, 9.17) is 21.1 Å². The zero-order valence-corrected chi connectivity index (χ0v) is 13.0. The zero-order chi connectivity index (χ0) is 18.2. The number of hydrogen-bond acceptors (Lipinski definition) is 6. The van der Waals surface area contributed by atoms with E-state index in [1.165, 1.54) is 0 Å². The molecule has 132 valence electrons. The van der Waals surface area contributed by atoms with Crippen LogP contribution in [0.1, 0.15) is 26.7 Å². The molecule has 10 heteroatoms. The summed E-state index contributed by atoms with van der Waals surface area (Å²) in [5, 5.41) is 30.8. The molecule has 10 nitrogen and oxygen atoms in total. The molecule has 0 aromatic carbocycles. The predicted molar refractivity (Wildman–Crippen MR) is 78.3 cm³/mol. The number of nitrogens with one attached hydrogen (secondary N) is 2. The molecule has 3 unspecified atom stereocenters. The first kappa shape index (κ1) is 20.8. The van der Waals surface area contributed by atoms with Gasteiger partial charge in [0.25, 0.3) is 0 Å². The van der Waals surface area contributed by atoms with Crippen LogP contribution in [-0.4, -0.2) is 63.8 Å². The first-order chi connectivity index (χ1) is 10.6. The topological polar surface area (TPSA) is 179 Å². The minimum atomic E-state index is -1.61. The average molecular weight is 333 g/mol. The molecule has 0 radical (unpaired) electrons. The Kier molecular flexibility index (Phi) is 8.81. The minimum Gasteiger partial charge on any atom is -0.481 e. The highest BCUT2D eigenvalue weighted by atomic mass is 16.4. The number of nitrogens with two attached hydrogens (primary N) is 1. The largest absolute Gasteiger partial charge is 0.481 e. The molecule has 0 heterocycles. The molecule has 0 aromatic heterocycles. The van der Waals surface area contributed by atoms with Gasteiger partial charge in [0.15, 0.2) is 0 Å². The average Bonchev–Trinajstić information content (AvgIpc) is 2.43. The highest BCUT2D eigenvalue weighted by Gasteiger charge is 2.29. The van der Waals surface area contributed by atoms with E-state index in [2.05, 4.69) is 10.6 Å². The summed E-state index contributed by atoms with van der Waals surface area (Å²) in [7, 11) is 0. The van der Waals surface area contributed by atoms with E-state index < -0.39 is 54.9 Å². The van der Waals surface area contributed by atoms with Gasteiger partial charge in [-0.3, -0.25) is 14.4 Å². The van der Waals surface area contributed by atoms with Crippen molar-refractivity contribution in [2.45, 2.75) is 44.8 Å². The van der Waals surface area contributed by atoms with Crippen molar-refractivity contribution in [2.24, 2.45) is 11.7 Å². The Hall–Kier alpha value is -2.20. The summed E-state index contributed by atoms with van der Waals surface area (Å²) in [5.41, 5.74) is 5.35. The van der Waals surface area contributed by atoms with Crippen molar-refractivity contribution in [3.05, 3.63) is 0 Å². The Bertz CT molecular complexity index is 453. The Morgan fingerprint density at radius 1 is 1.00 bits per heavy atom. The molecule has 2 amide bonds. The van der Waals surface area contributed by atoms with Crippen LogP contribution < -0.4 is 16.4 Å². The molecule has 0 saturated heterocycles. The predicted octanol–water partition coefficient (Wildman–Crippen LogP) is -2.12. The molecule has 7 N–H and O–H groups in total. The Labute approximate surface area is 133 Å². The lowest BCUT2D eigenvalue weighted by atomic mass is 10.0. The fourth-order valence-corrected chi connectivity index (χ4v) is 1.71. The molecule has 0 aliphatic heterocycles. The van der Waals surface area contributed by atoms with Crippen LogP contribution in [0.25, 0.3) is 0 Å². The Balaban J connectivity index is 5.01. The van der Waals surface area contributed by atoms with Crippen molar-refractivity contribution in [3.63, 3.8) is 0 Å². The molecule has 0 aliphatic carbocycles. The van der Waals surface area contributed by atoms with E-state index in [1.807, 2.05) is 0 Å². The van der Waals surface area contributed by atoms with Crippen LogP contribution in [0.2, 0.25) is 0 Å². The molecule has 0 saturated carbocycles. The van der Waals surface area contributed by atoms with Gasteiger partial charge in [0.05, 0.1) is 13.0 Å². The van der Waals surface area contributed by atoms with Crippen LogP contribution >= 0.6 is 0 Å². The first-order valence-electron chi connectivity index (χ1n) is 7.00. The molecule has 0 rings (SSSR count). The molecule has 3 atom stereocenters. The lowest BCUT2D eigenvalue weighted by Crippen LogP contribution is -2.55. The number of aliphatic hydroxyl groups excluding tert-OH is 1. The smallest absolute Gasteiger partial charge is 0.326 e. The number of carbonyl (C=O) groups excluding carboxylic acids is 2. The van der Waals surface area contributed by atoms with Crippen molar-refractivity contribution in [3.8, 4) is 0 Å². The van der Waals surface area contributed by atoms with Gasteiger partial charge in [-0.1, -0.05) is 13.8 Å². The van der Waals surface area contributed by atoms with E-state index in [0.717, 1.165) is 0 Å². The highest BCUT2D eigenvalue weighted by Crippen LogP contribution is 2.06. The van der Waals surface area contributed by atoms with Crippen molar-refractivity contribution in [1.29, 1.82) is 0 Å². The van der Waals surface area contributed by atoms with Crippen LogP contribution in [0.4, 0.5) is 0 Å². The minimum absolute atomic E-state index is 0.0147. The van der Waals surface area contributed by atoms with Gasteiger partial charge in [0.2, 0.25) is 11.8 Å². The van der Waals surface area contributed by atoms with Gasteiger partial charge < -0.3 is 31.7 Å². The van der Waals surface area contributed by atoms with Gasteiger partial charge in [0.1, 0.15) is 18.1 Å². The zero-order valence-electron chi connectivity index (χ0n) is 13.0. The number of rotatable bonds is 10. The summed E-state index contributed by atoms with van der Waals surface area (Å²) in [5.74, 6) is -4.49. The highest BCUT2D eigenvalue weighted by molar-refractivity contribution is 5.92. The van der Waals surface area contributed by atoms with E-state index in [-0.39, 0.29) is 12.3 Å². The summed E-state index contributed by atoms with van der Waals surface area (Å²) in [6, 6.07) is -3.92. The van der Waals surface area contributed by atoms with Crippen LogP contribution in [0.5, 0.6) is 0 Å². The van der Waals surface area contributed by atoms with Gasteiger partial charge >= 0.3 is 11.9 Å². The monoisotopic (exact) mass is 333 g/mol. The number of amides is 2. The fraction of sp³-hybridized carbons (Fsp3) is 0.692. The van der Waals surface area contributed by atoms with E-state index in [9.17, 15) is 19.2 Å². The number of carboxylic acid groups (broad SMARTS) is 2. The molecule has 0 bridgehead atoms. The van der Waals surface area contributed by atoms with E-state index in [1.54, 1.807) is 13.8 Å². The SMILES string of the molecule is CC(C)CC(NC(=O)C(N)CO)C(=O)NC(CC(=O)O)C(=O)O. The van der Waals surface area contributed by atoms with E-state index in [0.29, 0.717) is 0 Å². The maximum absolute atomic E-state index is 12.1. The third-order valence-corrected chi connectivity index (χ3v) is 2.87. The van der Waals surface area contributed by atoms with Crippen molar-refractivity contribution in [2.75, 3.05) is 6.61 Å². The molecule has 0 spiro atoms. The Morgan fingerprint density at radius 3 is 1.91 bits per heavy atom. The van der Waals surface area contributed by atoms with Crippen LogP contribution in [0.15, 0.2) is 0 Å². The van der Waals surface area contributed by atoms with Crippen molar-refractivity contribution in [1.82, 2.24) is 10.6 Å². The second-order valence-corrected chi connectivity index (χ2v) is 5.48. The normalized spacial score (nSPS) is 14.7. The standard InChI is InChI=1S/C13H23N3O7/c1-6(2)3-8(15-11(20)7(14)5-17)12(21)16-9(13(22)23)4-10(18)19/h6-9,17H,3-5,14H2,1-2H3,(H,15,20)(H,16,21)(H,18,19)(H,22,23). The molecular formula is C13H23N3O7. The van der Waals surface area contributed by atoms with Gasteiger partial charge in [-0.2, -0.15) is 0 Å². The molecular weight excluding hydrogens is 310 g/mol. The van der Waals surface area contributed by atoms with Gasteiger partial charge in [-0.15, -0.1) is 0 Å². The lowest BCUT2D eigenvalue weighted by molar-refractivity contribution is -0.147. The van der Waals surface area contributed by atoms with Crippen LogP contribution in [0, 0.1) is 5.92 Å². The molecule has 0 aliphatic rings. The Morgan fingerprint density at radius 2 is 1.52 bits per heavy atom. The summed E-state index contributed by atoms with van der Waals surface area (Å²) < 4.78 is 0. The summed E-state index contributed by atoms with van der Waals surface area (Å²) in [4.78, 5) is 45.4.